The van der Waals surface area contributed by atoms with Crippen molar-refractivity contribution in [1.29, 1.82) is 0 Å². The molecule has 0 aliphatic rings. The molecule has 0 aliphatic carbocycles. The van der Waals surface area contributed by atoms with Gasteiger partial charge in [-0.1, -0.05) is 0 Å². The van der Waals surface area contributed by atoms with Gasteiger partial charge in [0.2, 0.25) is 0 Å². The number of fused-ring (bicyclic) bond motifs is 1. The fraction of sp³-hybridized carbons (Fsp3) is 0. The molecular formula is C7H6N2O. The predicted molar refractivity (Wildman–Crippen MR) is 36.9 cm³/mol. The van der Waals surface area contributed by atoms with Crippen molar-refractivity contribution in [1.82, 2.24) is 9.38 Å². The van der Waals surface area contributed by atoms with E-state index >= 15 is 0 Å². The van der Waals surface area contributed by atoms with Crippen molar-refractivity contribution in [2.24, 2.45) is 0 Å². The lowest BCUT2D eigenvalue weighted by Crippen LogP contribution is -1.79. The summed E-state index contributed by atoms with van der Waals surface area (Å²) < 4.78 is 37.8. The topological polar surface area (TPSA) is 37.5 Å². The molecule has 0 atom stereocenters. The van der Waals surface area contributed by atoms with E-state index in [1.807, 2.05) is 0 Å². The van der Waals surface area contributed by atoms with Gasteiger partial charge in [-0.25, -0.2) is 4.98 Å². The van der Waals surface area contributed by atoms with Crippen LogP contribution in [-0.2, 0) is 0 Å². The third-order valence-corrected chi connectivity index (χ3v) is 1.05. The zero-order valence-corrected chi connectivity index (χ0v) is 4.84. The van der Waals surface area contributed by atoms with Crippen LogP contribution >= 0.6 is 0 Å². The summed E-state index contributed by atoms with van der Waals surface area (Å²) >= 11 is 0. The molecule has 2 heterocycles. The van der Waals surface area contributed by atoms with Gasteiger partial charge in [0.05, 0.1) is 6.85 Å². The highest BCUT2D eigenvalue weighted by molar-refractivity contribution is 5.43. The van der Waals surface area contributed by atoms with Crippen LogP contribution in [-0.4, -0.2) is 14.5 Å². The molecule has 0 aromatic carbocycles. The fourth-order valence-corrected chi connectivity index (χ4v) is 0.642. The first-order valence-electron chi connectivity index (χ1n) is 5.09. The van der Waals surface area contributed by atoms with Crippen LogP contribution in [0, 0.1) is 0 Å². The fourth-order valence-electron chi connectivity index (χ4n) is 0.642. The largest absolute Gasteiger partial charge is 0.508 e. The molecule has 1 N–H and O–H groups in total. The zero-order chi connectivity index (χ0) is 11.3. The van der Waals surface area contributed by atoms with Crippen LogP contribution in [0.25, 0.3) is 5.65 Å². The van der Waals surface area contributed by atoms with Gasteiger partial charge in [-0.2, -0.15) is 0 Å². The number of pyridine rings is 1. The first-order valence-corrected chi connectivity index (χ1v) is 2.59. The molecule has 0 saturated carbocycles. The highest BCUT2D eigenvalue weighted by Crippen LogP contribution is 2.09. The van der Waals surface area contributed by atoms with E-state index in [0.29, 0.717) is 0 Å². The maximum atomic E-state index is 9.31. The Morgan fingerprint density at radius 3 is 3.40 bits per heavy atom. The van der Waals surface area contributed by atoms with E-state index in [0.717, 1.165) is 4.40 Å². The normalized spacial score (nSPS) is 17.4. The Kier molecular flexibility index (Phi) is 0.393. The van der Waals surface area contributed by atoms with E-state index in [9.17, 15) is 5.11 Å². The van der Waals surface area contributed by atoms with E-state index in [2.05, 4.69) is 4.98 Å². The molecule has 0 fully saturated rings. The first kappa shape index (κ1) is 2.27. The smallest absolute Gasteiger partial charge is 0.140 e. The molecule has 0 saturated heterocycles. The Morgan fingerprint density at radius 1 is 1.60 bits per heavy atom. The molecule has 0 radical (unpaired) electrons. The molecule has 0 spiro atoms. The second-order valence-corrected chi connectivity index (χ2v) is 1.70. The van der Waals surface area contributed by atoms with E-state index in [-0.39, 0.29) is 18.0 Å². The highest BCUT2D eigenvalue weighted by Gasteiger charge is 1.92. The standard InChI is InChI=1S/C7H6N2O/c10-6-1-3-9-4-2-8-7(9)5-6/h1-5,10H/i1D,2D,3D,4D,5D. The summed E-state index contributed by atoms with van der Waals surface area (Å²) in [4.78, 5) is 3.57. The minimum Gasteiger partial charge on any atom is -0.508 e. The third-order valence-electron chi connectivity index (χ3n) is 1.05. The number of hydrogen-bond donors (Lipinski definition) is 1. The van der Waals surface area contributed by atoms with Gasteiger partial charge in [-0.05, 0) is 6.04 Å². The van der Waals surface area contributed by atoms with Crippen LogP contribution in [0.15, 0.2) is 30.6 Å². The van der Waals surface area contributed by atoms with Crippen LogP contribution in [0.5, 0.6) is 5.75 Å². The van der Waals surface area contributed by atoms with Gasteiger partial charge in [-0.3, -0.25) is 0 Å². The SMILES string of the molecule is [2H]c1nc2c([2H])c(O)c([2H])c([2H])n2c1[2H]. The molecule has 3 nitrogen and oxygen atoms in total. The van der Waals surface area contributed by atoms with E-state index in [1.54, 1.807) is 0 Å². The monoisotopic (exact) mass is 139 g/mol. The maximum Gasteiger partial charge on any atom is 0.140 e. The summed E-state index contributed by atoms with van der Waals surface area (Å²) in [5.74, 6) is -0.655. The molecule has 2 rings (SSSR count). The number of rotatable bonds is 0. The predicted octanol–water partition coefficient (Wildman–Crippen LogP) is 1.04. The maximum absolute atomic E-state index is 9.31. The molecule has 0 bridgehead atoms. The van der Waals surface area contributed by atoms with Gasteiger partial charge in [0.15, 0.2) is 0 Å². The van der Waals surface area contributed by atoms with Crippen molar-refractivity contribution in [2.45, 2.75) is 0 Å². The summed E-state index contributed by atoms with van der Waals surface area (Å²) in [5.41, 5.74) is -0.150. The first-order chi connectivity index (χ1) is 6.95. The Balaban J connectivity index is 3.07. The molecule has 2 aromatic rings. The summed E-state index contributed by atoms with van der Waals surface area (Å²) in [6, 6.07) is -0.985. The van der Waals surface area contributed by atoms with Gasteiger partial charge in [0.25, 0.3) is 0 Å². The summed E-state index contributed by atoms with van der Waals surface area (Å²) in [7, 11) is 0. The second kappa shape index (κ2) is 1.73. The average Bonchev–Trinajstić information content (AvgIpc) is 2.50. The lowest BCUT2D eigenvalue weighted by atomic mass is 10.4. The average molecular weight is 139 g/mol. The number of hydrogen-bond acceptors (Lipinski definition) is 2. The van der Waals surface area contributed by atoms with Crippen molar-refractivity contribution in [3.05, 3.63) is 30.6 Å². The number of aromatic nitrogens is 2. The van der Waals surface area contributed by atoms with E-state index in [4.69, 9.17) is 6.85 Å². The molecule has 50 valence electrons. The Morgan fingerprint density at radius 2 is 2.50 bits per heavy atom. The van der Waals surface area contributed by atoms with E-state index < -0.39 is 24.0 Å². The van der Waals surface area contributed by atoms with Gasteiger partial charge >= 0.3 is 0 Å². The molecular weight excluding hydrogens is 128 g/mol. The molecule has 0 unspecified atom stereocenters. The Hall–Kier alpha value is -1.51. The number of nitrogens with zero attached hydrogens (tertiary/aromatic N) is 2. The van der Waals surface area contributed by atoms with Crippen LogP contribution in [0.3, 0.4) is 0 Å². The van der Waals surface area contributed by atoms with Crippen LogP contribution in [0.2, 0.25) is 0 Å². The number of aromatic hydroxyl groups is 1. The summed E-state index contributed by atoms with van der Waals surface area (Å²) in [5, 5.41) is 9.31. The summed E-state index contributed by atoms with van der Waals surface area (Å²) in [6.45, 7) is 0. The van der Waals surface area contributed by atoms with Gasteiger partial charge in [-0.15, -0.1) is 0 Å². The zero-order valence-electron chi connectivity index (χ0n) is 9.84. The summed E-state index contributed by atoms with van der Waals surface area (Å²) in [6.07, 6.45) is -1.20. The Labute approximate surface area is 64.6 Å². The van der Waals surface area contributed by atoms with Gasteiger partial charge < -0.3 is 9.51 Å². The quantitative estimate of drug-likeness (QED) is 0.592. The van der Waals surface area contributed by atoms with Crippen molar-refractivity contribution in [3.8, 4) is 5.75 Å². The highest BCUT2D eigenvalue weighted by atomic mass is 16.3. The van der Waals surface area contributed by atoms with Crippen LogP contribution in [0.4, 0.5) is 0 Å². The minimum absolute atomic E-state index is 0.150. The Bertz CT molecular complexity index is 564. The van der Waals surface area contributed by atoms with Crippen molar-refractivity contribution >= 4 is 5.65 Å². The lowest BCUT2D eigenvalue weighted by molar-refractivity contribution is 0.475. The minimum atomic E-state index is -0.655. The van der Waals surface area contributed by atoms with E-state index in [1.165, 1.54) is 0 Å². The molecule has 0 aliphatic heterocycles. The van der Waals surface area contributed by atoms with Crippen molar-refractivity contribution in [2.75, 3.05) is 0 Å². The van der Waals surface area contributed by atoms with Crippen LogP contribution < -0.4 is 0 Å². The van der Waals surface area contributed by atoms with Crippen molar-refractivity contribution in [3.63, 3.8) is 0 Å². The molecule has 10 heavy (non-hydrogen) atoms. The second-order valence-electron chi connectivity index (χ2n) is 1.70. The van der Waals surface area contributed by atoms with Crippen LogP contribution in [0.1, 0.15) is 6.85 Å². The van der Waals surface area contributed by atoms with Crippen molar-refractivity contribution < 1.29 is 12.0 Å². The third kappa shape index (κ3) is 0.639. The lowest BCUT2D eigenvalue weighted by Gasteiger charge is -1.91. The molecule has 0 amide bonds. The van der Waals surface area contributed by atoms with Gasteiger partial charge in [0, 0.05) is 24.6 Å². The van der Waals surface area contributed by atoms with Gasteiger partial charge in [0.1, 0.15) is 11.4 Å². The molecule has 3 heteroatoms. The number of imidazole rings is 1. The molecule has 2 aromatic heterocycles.